The highest BCUT2D eigenvalue weighted by Crippen LogP contribution is 2.34. The summed E-state index contributed by atoms with van der Waals surface area (Å²) in [5.74, 6) is 2.29. The Morgan fingerprint density at radius 1 is 1.18 bits per heavy atom. The van der Waals surface area contributed by atoms with E-state index >= 15 is 0 Å². The van der Waals surface area contributed by atoms with Gasteiger partial charge in [0.25, 0.3) is 0 Å². The lowest BCUT2D eigenvalue weighted by molar-refractivity contribution is 0.101. The van der Waals surface area contributed by atoms with Crippen molar-refractivity contribution in [3.63, 3.8) is 0 Å². The average molecular weight is 318 g/mol. The Bertz CT molecular complexity index is 384. The Morgan fingerprint density at radius 3 is 2.47 bits per heavy atom. The molecule has 0 radical (unpaired) electrons. The molecule has 2 unspecified atom stereocenters. The van der Waals surface area contributed by atoms with E-state index in [-0.39, 0.29) is 0 Å². The summed E-state index contributed by atoms with van der Waals surface area (Å²) in [6, 6.07) is 5.75. The van der Waals surface area contributed by atoms with Crippen LogP contribution in [-0.2, 0) is 0 Å². The monoisotopic (exact) mass is 316 g/mol. The lowest BCUT2D eigenvalue weighted by Crippen LogP contribution is -2.28. The molecule has 0 saturated heterocycles. The molecule has 2 atom stereocenters. The second-order valence-electron chi connectivity index (χ2n) is 5.23. The highest BCUT2D eigenvalue weighted by molar-refractivity contribution is 9.10. The molecular formula is C14H18BrClO. The second kappa shape index (κ2) is 5.62. The Kier molecular flexibility index (Phi) is 4.37. The van der Waals surface area contributed by atoms with E-state index in [4.69, 9.17) is 16.3 Å². The fourth-order valence-corrected chi connectivity index (χ4v) is 3.22. The molecule has 1 nitrogen and oxygen atoms in total. The SMILES string of the molecule is CC1CC(C)CC(Oc2cc(Br)ccc2Cl)C1. The van der Waals surface area contributed by atoms with Gasteiger partial charge in [0, 0.05) is 4.47 Å². The van der Waals surface area contributed by atoms with Gasteiger partial charge in [0.1, 0.15) is 5.75 Å². The minimum atomic E-state index is 0.306. The highest BCUT2D eigenvalue weighted by Gasteiger charge is 2.25. The normalized spacial score (nSPS) is 29.1. The van der Waals surface area contributed by atoms with Crippen LogP contribution in [0.4, 0.5) is 0 Å². The van der Waals surface area contributed by atoms with Gasteiger partial charge in [-0.3, -0.25) is 0 Å². The van der Waals surface area contributed by atoms with E-state index in [0.29, 0.717) is 11.1 Å². The summed E-state index contributed by atoms with van der Waals surface area (Å²) in [6.45, 7) is 4.60. The van der Waals surface area contributed by atoms with Crippen molar-refractivity contribution in [1.82, 2.24) is 0 Å². The zero-order valence-electron chi connectivity index (χ0n) is 10.2. The summed E-state index contributed by atoms with van der Waals surface area (Å²) in [6.07, 6.45) is 3.88. The summed E-state index contributed by atoms with van der Waals surface area (Å²) < 4.78 is 7.05. The number of hydrogen-bond donors (Lipinski definition) is 0. The predicted molar refractivity (Wildman–Crippen MR) is 75.7 cm³/mol. The van der Waals surface area contributed by atoms with Crippen molar-refractivity contribution in [2.24, 2.45) is 11.8 Å². The van der Waals surface area contributed by atoms with E-state index in [0.717, 1.165) is 34.9 Å². The third kappa shape index (κ3) is 3.62. The molecule has 0 heterocycles. The molecule has 1 fully saturated rings. The molecule has 94 valence electrons. The van der Waals surface area contributed by atoms with Gasteiger partial charge in [0.2, 0.25) is 0 Å². The molecule has 2 rings (SSSR count). The van der Waals surface area contributed by atoms with Crippen LogP contribution in [0.15, 0.2) is 22.7 Å². The maximum Gasteiger partial charge on any atom is 0.139 e. The molecule has 1 aliphatic rings. The molecule has 0 spiro atoms. The Hall–Kier alpha value is -0.210. The number of hydrogen-bond acceptors (Lipinski definition) is 1. The van der Waals surface area contributed by atoms with Gasteiger partial charge in [-0.25, -0.2) is 0 Å². The minimum absolute atomic E-state index is 0.306. The number of ether oxygens (including phenoxy) is 1. The van der Waals surface area contributed by atoms with Crippen LogP contribution in [-0.4, -0.2) is 6.10 Å². The van der Waals surface area contributed by atoms with Crippen molar-refractivity contribution in [3.8, 4) is 5.75 Å². The Balaban J connectivity index is 2.07. The van der Waals surface area contributed by atoms with Crippen molar-refractivity contribution in [3.05, 3.63) is 27.7 Å². The zero-order valence-corrected chi connectivity index (χ0v) is 12.6. The topological polar surface area (TPSA) is 9.23 Å². The molecule has 1 aliphatic carbocycles. The van der Waals surface area contributed by atoms with E-state index in [1.54, 1.807) is 0 Å². The van der Waals surface area contributed by atoms with Gasteiger partial charge in [-0.05, 0) is 49.3 Å². The molecule has 1 aromatic rings. The quantitative estimate of drug-likeness (QED) is 0.718. The number of halogens is 2. The van der Waals surface area contributed by atoms with Crippen molar-refractivity contribution in [2.75, 3.05) is 0 Å². The first-order chi connectivity index (χ1) is 8.04. The van der Waals surface area contributed by atoms with Gasteiger partial charge in [-0.1, -0.05) is 41.4 Å². The molecule has 3 heteroatoms. The third-order valence-electron chi connectivity index (χ3n) is 3.32. The zero-order chi connectivity index (χ0) is 12.4. The van der Waals surface area contributed by atoms with Gasteiger partial charge < -0.3 is 4.74 Å². The molecule has 0 aliphatic heterocycles. The molecule has 17 heavy (non-hydrogen) atoms. The van der Waals surface area contributed by atoms with Crippen molar-refractivity contribution in [1.29, 1.82) is 0 Å². The van der Waals surface area contributed by atoms with Gasteiger partial charge in [-0.2, -0.15) is 0 Å². The molecule has 0 aromatic heterocycles. The smallest absolute Gasteiger partial charge is 0.139 e. The van der Waals surface area contributed by atoms with E-state index in [1.165, 1.54) is 6.42 Å². The molecule has 0 N–H and O–H groups in total. The van der Waals surface area contributed by atoms with Crippen LogP contribution in [0.25, 0.3) is 0 Å². The second-order valence-corrected chi connectivity index (χ2v) is 6.55. The van der Waals surface area contributed by atoms with Gasteiger partial charge >= 0.3 is 0 Å². The van der Waals surface area contributed by atoms with E-state index in [2.05, 4.69) is 29.8 Å². The van der Waals surface area contributed by atoms with Crippen LogP contribution in [0, 0.1) is 11.8 Å². The van der Waals surface area contributed by atoms with Gasteiger partial charge in [0.05, 0.1) is 11.1 Å². The number of rotatable bonds is 2. The van der Waals surface area contributed by atoms with Gasteiger partial charge in [0.15, 0.2) is 0 Å². The van der Waals surface area contributed by atoms with E-state index < -0.39 is 0 Å². The first-order valence-corrected chi connectivity index (χ1v) is 7.33. The minimum Gasteiger partial charge on any atom is -0.489 e. The summed E-state index contributed by atoms with van der Waals surface area (Å²) >= 11 is 9.59. The van der Waals surface area contributed by atoms with Crippen LogP contribution in [0.5, 0.6) is 5.75 Å². The number of benzene rings is 1. The van der Waals surface area contributed by atoms with Crippen molar-refractivity contribution in [2.45, 2.75) is 39.2 Å². The maximum atomic E-state index is 6.14. The van der Waals surface area contributed by atoms with Crippen LogP contribution in [0.2, 0.25) is 5.02 Å². The fourth-order valence-electron chi connectivity index (χ4n) is 2.72. The summed E-state index contributed by atoms with van der Waals surface area (Å²) in [7, 11) is 0. The van der Waals surface area contributed by atoms with Crippen molar-refractivity contribution < 1.29 is 4.74 Å². The standard InChI is InChI=1S/C14H18BrClO/c1-9-5-10(2)7-12(6-9)17-14-8-11(15)3-4-13(14)16/h3-4,8-10,12H,5-7H2,1-2H3. The summed E-state index contributed by atoms with van der Waals surface area (Å²) in [4.78, 5) is 0. The van der Waals surface area contributed by atoms with Crippen LogP contribution in [0.3, 0.4) is 0 Å². The largest absolute Gasteiger partial charge is 0.489 e. The molecular weight excluding hydrogens is 300 g/mol. The Morgan fingerprint density at radius 2 is 1.82 bits per heavy atom. The average Bonchev–Trinajstić information content (AvgIpc) is 2.22. The molecule has 0 amide bonds. The highest BCUT2D eigenvalue weighted by atomic mass is 79.9. The Labute approximate surface area is 117 Å². The predicted octanol–water partition coefficient (Wildman–Crippen LogP) is 5.31. The maximum absolute atomic E-state index is 6.14. The lowest BCUT2D eigenvalue weighted by atomic mass is 9.82. The van der Waals surface area contributed by atoms with Crippen molar-refractivity contribution >= 4 is 27.5 Å². The molecule has 0 bridgehead atoms. The van der Waals surface area contributed by atoms with Crippen LogP contribution in [0.1, 0.15) is 33.1 Å². The summed E-state index contributed by atoms with van der Waals surface area (Å²) in [5.41, 5.74) is 0. The molecule has 1 saturated carbocycles. The summed E-state index contributed by atoms with van der Waals surface area (Å²) in [5, 5.41) is 0.694. The van der Waals surface area contributed by atoms with E-state index in [1.807, 2.05) is 18.2 Å². The van der Waals surface area contributed by atoms with Crippen LogP contribution < -0.4 is 4.74 Å². The van der Waals surface area contributed by atoms with Crippen LogP contribution >= 0.6 is 27.5 Å². The first kappa shape index (κ1) is 13.2. The third-order valence-corrected chi connectivity index (χ3v) is 4.13. The lowest BCUT2D eigenvalue weighted by Gasteiger charge is -2.31. The first-order valence-electron chi connectivity index (χ1n) is 6.16. The van der Waals surface area contributed by atoms with E-state index in [9.17, 15) is 0 Å². The fraction of sp³-hybridized carbons (Fsp3) is 0.571. The van der Waals surface area contributed by atoms with Gasteiger partial charge in [-0.15, -0.1) is 0 Å². The molecule has 1 aromatic carbocycles.